The molecule has 0 radical (unpaired) electrons. The molecule has 0 saturated carbocycles. The second-order valence-corrected chi connectivity index (χ2v) is 8.30. The first-order chi connectivity index (χ1) is 13.7. The second-order valence-electron chi connectivity index (χ2n) is 6.40. The van der Waals surface area contributed by atoms with E-state index in [0.29, 0.717) is 25.1 Å². The number of nitriles is 1. The van der Waals surface area contributed by atoms with E-state index in [9.17, 15) is 21.6 Å². The van der Waals surface area contributed by atoms with Gasteiger partial charge >= 0.3 is 6.36 Å². The molecule has 6 nitrogen and oxygen atoms in total. The van der Waals surface area contributed by atoms with E-state index in [-0.39, 0.29) is 13.1 Å². The maximum atomic E-state index is 13.0. The molecular weight excluding hydrogens is 407 g/mol. The Morgan fingerprint density at radius 3 is 2.31 bits per heavy atom. The number of rotatable bonds is 4. The van der Waals surface area contributed by atoms with Gasteiger partial charge in [-0.25, -0.2) is 8.42 Å². The minimum Gasteiger partial charge on any atom is -0.404 e. The molecule has 10 heteroatoms. The summed E-state index contributed by atoms with van der Waals surface area (Å²) in [6, 6.07) is 13.7. The minimum absolute atomic E-state index is 0.114. The van der Waals surface area contributed by atoms with Gasteiger partial charge in [0.05, 0.1) is 11.6 Å². The summed E-state index contributed by atoms with van der Waals surface area (Å²) in [6.07, 6.45) is -4.49. The zero-order chi connectivity index (χ0) is 21.1. The molecule has 154 valence electrons. The van der Waals surface area contributed by atoms with E-state index >= 15 is 0 Å². The predicted octanol–water partition coefficient (Wildman–Crippen LogP) is 3.36. The highest BCUT2D eigenvalue weighted by Gasteiger charge is 2.36. The lowest BCUT2D eigenvalue weighted by atomic mass is 10.2. The minimum atomic E-state index is -4.99. The van der Waals surface area contributed by atoms with Crippen molar-refractivity contribution in [2.24, 2.45) is 0 Å². The molecule has 0 amide bonds. The average molecular weight is 425 g/mol. The molecule has 0 N–H and O–H groups in total. The van der Waals surface area contributed by atoms with Crippen LogP contribution in [0.5, 0.6) is 5.75 Å². The summed E-state index contributed by atoms with van der Waals surface area (Å²) in [6.45, 7) is 1.24. The molecule has 0 aliphatic carbocycles. The normalized spacial score (nSPS) is 16.1. The monoisotopic (exact) mass is 425 g/mol. The molecule has 1 saturated heterocycles. The summed E-state index contributed by atoms with van der Waals surface area (Å²) in [7, 11) is -4.17. The Kier molecular flexibility index (Phi) is 6.00. The maximum absolute atomic E-state index is 13.0. The summed E-state index contributed by atoms with van der Waals surface area (Å²) in [5.41, 5.74) is 1.37. The summed E-state index contributed by atoms with van der Waals surface area (Å²) in [5, 5.41) is 8.89. The van der Waals surface area contributed by atoms with Crippen LogP contribution >= 0.6 is 0 Å². The molecule has 29 heavy (non-hydrogen) atoms. The number of ether oxygens (including phenoxy) is 1. The van der Waals surface area contributed by atoms with Crippen LogP contribution in [0.4, 0.5) is 18.9 Å². The van der Waals surface area contributed by atoms with Gasteiger partial charge in [-0.1, -0.05) is 12.1 Å². The molecule has 0 unspecified atom stereocenters. The quantitative estimate of drug-likeness (QED) is 0.751. The topological polar surface area (TPSA) is 73.6 Å². The van der Waals surface area contributed by atoms with Crippen LogP contribution in [0, 0.1) is 11.3 Å². The molecular formula is C19H18F3N3O3S. The number of sulfonamides is 1. The van der Waals surface area contributed by atoms with Gasteiger partial charge in [0, 0.05) is 31.9 Å². The molecule has 1 fully saturated rings. The number of anilines is 1. The fourth-order valence-electron chi connectivity index (χ4n) is 3.15. The van der Waals surface area contributed by atoms with Crippen LogP contribution in [0.15, 0.2) is 53.4 Å². The molecule has 2 aromatic carbocycles. The summed E-state index contributed by atoms with van der Waals surface area (Å²) in [5.74, 6) is -0.742. The SMILES string of the molecule is N#Cc1ccc(N2CCCN(S(=O)(=O)c3ccccc3OC(F)(F)F)CC2)cc1. The van der Waals surface area contributed by atoms with E-state index in [1.165, 1.54) is 16.4 Å². The van der Waals surface area contributed by atoms with Gasteiger partial charge in [0.2, 0.25) is 10.0 Å². The molecule has 3 rings (SSSR count). The highest BCUT2D eigenvalue weighted by atomic mass is 32.2. The lowest BCUT2D eigenvalue weighted by molar-refractivity contribution is -0.275. The van der Waals surface area contributed by atoms with Gasteiger partial charge in [0.15, 0.2) is 0 Å². The van der Waals surface area contributed by atoms with Gasteiger partial charge < -0.3 is 9.64 Å². The molecule has 0 bridgehead atoms. The van der Waals surface area contributed by atoms with Crippen LogP contribution in [0.2, 0.25) is 0 Å². The van der Waals surface area contributed by atoms with Crippen molar-refractivity contribution in [3.8, 4) is 11.8 Å². The van der Waals surface area contributed by atoms with Crippen LogP contribution in [0.25, 0.3) is 0 Å². The van der Waals surface area contributed by atoms with Crippen molar-refractivity contribution < 1.29 is 26.3 Å². The first-order valence-electron chi connectivity index (χ1n) is 8.81. The van der Waals surface area contributed by atoms with Crippen LogP contribution in [-0.4, -0.2) is 45.3 Å². The van der Waals surface area contributed by atoms with Crippen molar-refractivity contribution in [2.45, 2.75) is 17.7 Å². The number of halogens is 3. The average Bonchev–Trinajstić information content (AvgIpc) is 2.94. The van der Waals surface area contributed by atoms with Crippen molar-refractivity contribution in [1.29, 1.82) is 5.26 Å². The molecule has 0 atom stereocenters. The Balaban J connectivity index is 1.80. The predicted molar refractivity (Wildman–Crippen MR) is 99.9 cm³/mol. The van der Waals surface area contributed by atoms with E-state index in [1.807, 2.05) is 11.0 Å². The number of para-hydroxylation sites is 1. The van der Waals surface area contributed by atoms with Crippen molar-refractivity contribution >= 4 is 15.7 Å². The summed E-state index contributed by atoms with van der Waals surface area (Å²) in [4.78, 5) is 1.47. The van der Waals surface area contributed by atoms with Crippen molar-refractivity contribution in [3.63, 3.8) is 0 Å². The maximum Gasteiger partial charge on any atom is 0.573 e. The van der Waals surface area contributed by atoms with Crippen LogP contribution in [0.3, 0.4) is 0 Å². The first-order valence-corrected chi connectivity index (χ1v) is 10.2. The Morgan fingerprint density at radius 1 is 0.966 bits per heavy atom. The van der Waals surface area contributed by atoms with Gasteiger partial charge in [-0.2, -0.15) is 9.57 Å². The molecule has 1 aliphatic rings. The van der Waals surface area contributed by atoms with Gasteiger partial charge in [0.25, 0.3) is 0 Å². The third-order valence-electron chi connectivity index (χ3n) is 4.51. The van der Waals surface area contributed by atoms with E-state index in [0.717, 1.165) is 17.8 Å². The van der Waals surface area contributed by atoms with Crippen LogP contribution in [0.1, 0.15) is 12.0 Å². The molecule has 2 aromatic rings. The lowest BCUT2D eigenvalue weighted by Gasteiger charge is -2.24. The van der Waals surface area contributed by atoms with E-state index in [2.05, 4.69) is 4.74 Å². The number of nitrogens with zero attached hydrogens (tertiary/aromatic N) is 3. The third-order valence-corrected chi connectivity index (χ3v) is 6.45. The Labute approximate surface area is 166 Å². The molecule has 0 spiro atoms. The standard InChI is InChI=1S/C19H18F3N3O3S/c20-19(21,22)28-17-4-1-2-5-18(17)29(26,27)25-11-3-10-24(12-13-25)16-8-6-15(14-23)7-9-16/h1-2,4-9H,3,10-13H2. The van der Waals surface area contributed by atoms with Crippen molar-refractivity contribution in [2.75, 3.05) is 31.1 Å². The van der Waals surface area contributed by atoms with Gasteiger partial charge in [-0.15, -0.1) is 13.2 Å². The molecule has 0 aromatic heterocycles. The number of hydrogen-bond donors (Lipinski definition) is 0. The zero-order valence-corrected chi connectivity index (χ0v) is 16.1. The number of benzene rings is 2. The van der Waals surface area contributed by atoms with Crippen molar-refractivity contribution in [1.82, 2.24) is 4.31 Å². The summed E-state index contributed by atoms with van der Waals surface area (Å²) < 4.78 is 69.0. The van der Waals surface area contributed by atoms with E-state index in [4.69, 9.17) is 5.26 Å². The fraction of sp³-hybridized carbons (Fsp3) is 0.316. The first kappa shape index (κ1) is 21.0. The number of hydrogen-bond acceptors (Lipinski definition) is 5. The van der Waals surface area contributed by atoms with E-state index in [1.54, 1.807) is 24.3 Å². The molecule has 1 aliphatic heterocycles. The van der Waals surface area contributed by atoms with Crippen LogP contribution in [-0.2, 0) is 10.0 Å². The largest absolute Gasteiger partial charge is 0.573 e. The van der Waals surface area contributed by atoms with Gasteiger partial charge in [-0.05, 0) is 42.8 Å². The smallest absolute Gasteiger partial charge is 0.404 e. The lowest BCUT2D eigenvalue weighted by Crippen LogP contribution is -2.35. The second kappa shape index (κ2) is 8.31. The Bertz CT molecular complexity index is 1000. The van der Waals surface area contributed by atoms with Crippen LogP contribution < -0.4 is 9.64 Å². The summed E-state index contributed by atoms with van der Waals surface area (Å²) >= 11 is 0. The Morgan fingerprint density at radius 2 is 1.66 bits per heavy atom. The fourth-order valence-corrected chi connectivity index (χ4v) is 4.73. The highest BCUT2D eigenvalue weighted by Crippen LogP contribution is 2.32. The third kappa shape index (κ3) is 4.99. The zero-order valence-electron chi connectivity index (χ0n) is 15.3. The number of alkyl halides is 3. The molecule has 1 heterocycles. The van der Waals surface area contributed by atoms with E-state index < -0.39 is 27.0 Å². The van der Waals surface area contributed by atoms with Crippen molar-refractivity contribution in [3.05, 3.63) is 54.1 Å². The van der Waals surface area contributed by atoms with Gasteiger partial charge in [0.1, 0.15) is 10.6 Å². The Hall–Kier alpha value is -2.77. The highest BCUT2D eigenvalue weighted by molar-refractivity contribution is 7.89. The van der Waals surface area contributed by atoms with Gasteiger partial charge in [-0.3, -0.25) is 0 Å².